The lowest BCUT2D eigenvalue weighted by Gasteiger charge is -2.30. The van der Waals surface area contributed by atoms with Crippen molar-refractivity contribution in [1.82, 2.24) is 4.90 Å². The highest BCUT2D eigenvalue weighted by atomic mass is 79.9. The van der Waals surface area contributed by atoms with Gasteiger partial charge in [0.15, 0.2) is 0 Å². The van der Waals surface area contributed by atoms with Crippen molar-refractivity contribution in [2.45, 2.75) is 33.6 Å². The quantitative estimate of drug-likeness (QED) is 0.825. The van der Waals surface area contributed by atoms with Gasteiger partial charge in [0.2, 0.25) is 11.8 Å². The molecule has 0 aliphatic carbocycles. The average molecular weight is 397 g/mol. The number of benzene rings is 1. The van der Waals surface area contributed by atoms with Gasteiger partial charge in [-0.3, -0.25) is 9.59 Å². The molecule has 0 saturated carbocycles. The van der Waals surface area contributed by atoms with Crippen LogP contribution in [-0.2, 0) is 9.59 Å². The molecule has 0 bridgehead atoms. The van der Waals surface area contributed by atoms with Crippen LogP contribution in [0.15, 0.2) is 22.7 Å². The van der Waals surface area contributed by atoms with Gasteiger partial charge < -0.3 is 15.0 Å². The molecule has 1 heterocycles. The molecule has 0 atom stereocenters. The van der Waals surface area contributed by atoms with Crippen LogP contribution in [0.3, 0.4) is 0 Å². The molecule has 1 fully saturated rings. The Morgan fingerprint density at radius 2 is 2.00 bits per heavy atom. The molecule has 0 spiro atoms. The standard InChI is InChI=1S/C18H25BrN2O3/c1-12(2)11-24-17-10-15(4-5-16(17)19)20-18(23)14-6-8-21(9-7-14)13(3)22/h4-5,10,12,14H,6-9,11H2,1-3H3,(H,20,23). The minimum absolute atomic E-state index is 0.00957. The number of ether oxygens (including phenoxy) is 1. The topological polar surface area (TPSA) is 58.6 Å². The van der Waals surface area contributed by atoms with Gasteiger partial charge in [-0.05, 0) is 46.8 Å². The molecule has 1 aromatic carbocycles. The van der Waals surface area contributed by atoms with E-state index >= 15 is 0 Å². The number of likely N-dealkylation sites (tertiary alicyclic amines) is 1. The normalized spacial score (nSPS) is 15.5. The zero-order chi connectivity index (χ0) is 17.7. The molecule has 1 aliphatic rings. The summed E-state index contributed by atoms with van der Waals surface area (Å²) in [4.78, 5) is 25.6. The third-order valence-electron chi connectivity index (χ3n) is 4.08. The molecule has 1 aromatic rings. The van der Waals surface area contributed by atoms with E-state index in [-0.39, 0.29) is 17.7 Å². The van der Waals surface area contributed by atoms with E-state index in [4.69, 9.17) is 4.74 Å². The molecule has 1 N–H and O–H groups in total. The molecular weight excluding hydrogens is 372 g/mol. The zero-order valence-electron chi connectivity index (χ0n) is 14.5. The van der Waals surface area contributed by atoms with Crippen LogP contribution in [0.2, 0.25) is 0 Å². The number of hydrogen-bond acceptors (Lipinski definition) is 3. The number of piperidine rings is 1. The second-order valence-corrected chi connectivity index (χ2v) is 7.47. The maximum absolute atomic E-state index is 12.4. The van der Waals surface area contributed by atoms with Crippen molar-refractivity contribution < 1.29 is 14.3 Å². The SMILES string of the molecule is CC(=O)N1CCC(C(=O)Nc2ccc(Br)c(OCC(C)C)c2)CC1. The van der Waals surface area contributed by atoms with Gasteiger partial charge in [0.25, 0.3) is 0 Å². The van der Waals surface area contributed by atoms with Crippen LogP contribution in [0.5, 0.6) is 5.75 Å². The summed E-state index contributed by atoms with van der Waals surface area (Å²) in [7, 11) is 0. The predicted molar refractivity (Wildman–Crippen MR) is 98.1 cm³/mol. The first-order valence-corrected chi connectivity index (χ1v) is 9.15. The Morgan fingerprint density at radius 1 is 1.33 bits per heavy atom. The van der Waals surface area contributed by atoms with E-state index in [1.165, 1.54) is 0 Å². The number of carbonyl (C=O) groups is 2. The van der Waals surface area contributed by atoms with Gasteiger partial charge in [-0.25, -0.2) is 0 Å². The van der Waals surface area contributed by atoms with E-state index in [2.05, 4.69) is 35.1 Å². The zero-order valence-corrected chi connectivity index (χ0v) is 16.1. The van der Waals surface area contributed by atoms with Gasteiger partial charge in [0, 0.05) is 37.7 Å². The maximum Gasteiger partial charge on any atom is 0.227 e. The van der Waals surface area contributed by atoms with Gasteiger partial charge in [-0.1, -0.05) is 13.8 Å². The van der Waals surface area contributed by atoms with E-state index in [0.29, 0.717) is 38.5 Å². The van der Waals surface area contributed by atoms with Gasteiger partial charge in [0.1, 0.15) is 5.75 Å². The van der Waals surface area contributed by atoms with Crippen molar-refractivity contribution in [2.24, 2.45) is 11.8 Å². The Kier molecular flexibility index (Phi) is 6.66. The summed E-state index contributed by atoms with van der Waals surface area (Å²) in [6, 6.07) is 5.58. The maximum atomic E-state index is 12.4. The Morgan fingerprint density at radius 3 is 2.58 bits per heavy atom. The summed E-state index contributed by atoms with van der Waals surface area (Å²) in [6.07, 6.45) is 1.41. The molecule has 1 saturated heterocycles. The lowest BCUT2D eigenvalue weighted by Crippen LogP contribution is -2.40. The number of nitrogens with zero attached hydrogens (tertiary/aromatic N) is 1. The highest BCUT2D eigenvalue weighted by molar-refractivity contribution is 9.10. The molecule has 5 nitrogen and oxygen atoms in total. The van der Waals surface area contributed by atoms with Crippen molar-refractivity contribution >= 4 is 33.4 Å². The monoisotopic (exact) mass is 396 g/mol. The summed E-state index contributed by atoms with van der Waals surface area (Å²) in [5.41, 5.74) is 0.732. The molecule has 6 heteroatoms. The van der Waals surface area contributed by atoms with E-state index < -0.39 is 0 Å². The van der Waals surface area contributed by atoms with E-state index in [0.717, 1.165) is 15.9 Å². The molecule has 2 rings (SSSR count). The van der Waals surface area contributed by atoms with Crippen LogP contribution in [0, 0.1) is 11.8 Å². The van der Waals surface area contributed by atoms with Gasteiger partial charge in [-0.15, -0.1) is 0 Å². The van der Waals surface area contributed by atoms with Crippen molar-refractivity contribution in [3.8, 4) is 5.75 Å². The van der Waals surface area contributed by atoms with Crippen molar-refractivity contribution in [3.05, 3.63) is 22.7 Å². The first-order valence-electron chi connectivity index (χ1n) is 8.35. The van der Waals surface area contributed by atoms with Crippen LogP contribution in [0.4, 0.5) is 5.69 Å². The first kappa shape index (κ1) is 18.8. The summed E-state index contributed by atoms with van der Waals surface area (Å²) in [5, 5.41) is 2.97. The molecule has 2 amide bonds. The fourth-order valence-electron chi connectivity index (χ4n) is 2.65. The van der Waals surface area contributed by atoms with Crippen LogP contribution in [0.1, 0.15) is 33.6 Å². The number of hydrogen-bond donors (Lipinski definition) is 1. The molecule has 1 aliphatic heterocycles. The first-order chi connectivity index (χ1) is 11.4. The van der Waals surface area contributed by atoms with Gasteiger partial charge >= 0.3 is 0 Å². The lowest BCUT2D eigenvalue weighted by atomic mass is 9.96. The fourth-order valence-corrected chi connectivity index (χ4v) is 3.01. The average Bonchev–Trinajstić information content (AvgIpc) is 2.55. The highest BCUT2D eigenvalue weighted by Gasteiger charge is 2.26. The Hall–Kier alpha value is -1.56. The molecule has 0 unspecified atom stereocenters. The van der Waals surface area contributed by atoms with Crippen LogP contribution in [0.25, 0.3) is 0 Å². The second kappa shape index (κ2) is 8.51. The minimum Gasteiger partial charge on any atom is -0.492 e. The number of rotatable bonds is 5. The fraction of sp³-hybridized carbons (Fsp3) is 0.556. The molecule has 0 radical (unpaired) electrons. The Labute approximate surface area is 151 Å². The van der Waals surface area contributed by atoms with E-state index in [9.17, 15) is 9.59 Å². The van der Waals surface area contributed by atoms with Crippen molar-refractivity contribution in [1.29, 1.82) is 0 Å². The minimum atomic E-state index is -0.0516. The molecule has 132 valence electrons. The van der Waals surface area contributed by atoms with Crippen molar-refractivity contribution in [3.63, 3.8) is 0 Å². The third-order valence-corrected chi connectivity index (χ3v) is 4.74. The van der Waals surface area contributed by atoms with Crippen LogP contribution < -0.4 is 10.1 Å². The molecule has 24 heavy (non-hydrogen) atoms. The molecular formula is C18H25BrN2O3. The summed E-state index contributed by atoms with van der Waals surface area (Å²) in [5.74, 6) is 1.20. The highest BCUT2D eigenvalue weighted by Crippen LogP contribution is 2.29. The van der Waals surface area contributed by atoms with Crippen LogP contribution in [-0.4, -0.2) is 36.4 Å². The Bertz CT molecular complexity index is 596. The van der Waals surface area contributed by atoms with Crippen LogP contribution >= 0.6 is 15.9 Å². The predicted octanol–water partition coefficient (Wildman–Crippen LogP) is 3.68. The number of carbonyl (C=O) groups excluding carboxylic acids is 2. The number of nitrogens with one attached hydrogen (secondary N) is 1. The summed E-state index contributed by atoms with van der Waals surface area (Å²) < 4.78 is 6.64. The largest absolute Gasteiger partial charge is 0.492 e. The summed E-state index contributed by atoms with van der Waals surface area (Å²) >= 11 is 3.47. The van der Waals surface area contributed by atoms with Gasteiger partial charge in [-0.2, -0.15) is 0 Å². The molecule has 0 aromatic heterocycles. The lowest BCUT2D eigenvalue weighted by molar-refractivity contribution is -0.132. The Balaban J connectivity index is 1.94. The third kappa shape index (κ3) is 5.23. The number of halogens is 1. The van der Waals surface area contributed by atoms with E-state index in [1.807, 2.05) is 18.2 Å². The van der Waals surface area contributed by atoms with E-state index in [1.54, 1.807) is 11.8 Å². The smallest absolute Gasteiger partial charge is 0.227 e. The number of amides is 2. The summed E-state index contributed by atoms with van der Waals surface area (Å²) in [6.45, 7) is 7.67. The van der Waals surface area contributed by atoms with Gasteiger partial charge in [0.05, 0.1) is 11.1 Å². The second-order valence-electron chi connectivity index (χ2n) is 6.62. The number of anilines is 1. The van der Waals surface area contributed by atoms with Crippen molar-refractivity contribution in [2.75, 3.05) is 25.0 Å².